The molecule has 1 aromatic rings. The smallest absolute Gasteiger partial charge is 0.258 e. The maximum atomic E-state index is 13.8. The largest absolute Gasteiger partial charge is 0.496 e. The highest BCUT2D eigenvalue weighted by Gasteiger charge is 2.29. The molecule has 23 heavy (non-hydrogen) atoms. The number of ether oxygens (including phenoxy) is 2. The number of rotatable bonds is 7. The van der Waals surface area contributed by atoms with Crippen LogP contribution in [0.5, 0.6) is 5.75 Å². The van der Waals surface area contributed by atoms with Crippen LogP contribution in [0.1, 0.15) is 16.8 Å². The first-order valence-electron chi connectivity index (χ1n) is 7.44. The standard InChI is InChI=1S/C16H21FN2O4/c1-22-7-6-19-10-11(8-14(19)20)9-18-16(21)15-12(17)4-3-5-13(15)23-2/h3-5,11H,6-10H2,1-2H3,(H,18,21)/t11-/m0/s1. The molecule has 1 fully saturated rings. The molecule has 1 aliphatic heterocycles. The zero-order chi connectivity index (χ0) is 16.8. The topological polar surface area (TPSA) is 67.9 Å². The van der Waals surface area contributed by atoms with Crippen molar-refractivity contribution in [3.8, 4) is 5.75 Å². The Hall–Kier alpha value is -2.15. The SMILES string of the molecule is COCCN1C[C@H](CNC(=O)c2c(F)cccc2OC)CC1=O. The van der Waals surface area contributed by atoms with Gasteiger partial charge in [0.05, 0.1) is 13.7 Å². The van der Waals surface area contributed by atoms with Crippen molar-refractivity contribution in [3.05, 3.63) is 29.6 Å². The van der Waals surface area contributed by atoms with E-state index in [1.165, 1.54) is 25.3 Å². The van der Waals surface area contributed by atoms with Gasteiger partial charge < -0.3 is 19.7 Å². The molecule has 0 aromatic heterocycles. The average molecular weight is 324 g/mol. The third-order valence-corrected chi connectivity index (χ3v) is 3.83. The van der Waals surface area contributed by atoms with Crippen molar-refractivity contribution in [2.45, 2.75) is 6.42 Å². The maximum absolute atomic E-state index is 13.8. The van der Waals surface area contributed by atoms with Gasteiger partial charge >= 0.3 is 0 Å². The average Bonchev–Trinajstić information content (AvgIpc) is 2.90. The molecular weight excluding hydrogens is 303 g/mol. The fourth-order valence-electron chi connectivity index (χ4n) is 2.63. The van der Waals surface area contributed by atoms with E-state index in [0.29, 0.717) is 32.7 Å². The predicted molar refractivity (Wildman–Crippen MR) is 81.8 cm³/mol. The number of nitrogens with zero attached hydrogens (tertiary/aromatic N) is 1. The number of benzene rings is 1. The van der Waals surface area contributed by atoms with Crippen LogP contribution in [-0.2, 0) is 9.53 Å². The number of hydrogen-bond acceptors (Lipinski definition) is 4. The Morgan fingerprint density at radius 2 is 2.22 bits per heavy atom. The quantitative estimate of drug-likeness (QED) is 0.814. The second kappa shape index (κ2) is 7.92. The molecule has 6 nitrogen and oxygen atoms in total. The Morgan fingerprint density at radius 1 is 1.43 bits per heavy atom. The van der Waals surface area contributed by atoms with Crippen molar-refractivity contribution in [3.63, 3.8) is 0 Å². The van der Waals surface area contributed by atoms with Gasteiger partial charge in [-0.2, -0.15) is 0 Å². The molecule has 0 aliphatic carbocycles. The second-order valence-electron chi connectivity index (χ2n) is 5.43. The van der Waals surface area contributed by atoms with E-state index in [0.717, 1.165) is 0 Å². The number of nitrogens with one attached hydrogen (secondary N) is 1. The summed E-state index contributed by atoms with van der Waals surface area (Å²) >= 11 is 0. The second-order valence-corrected chi connectivity index (χ2v) is 5.43. The molecule has 0 saturated carbocycles. The zero-order valence-electron chi connectivity index (χ0n) is 13.3. The summed E-state index contributed by atoms with van der Waals surface area (Å²) in [5.41, 5.74) is -0.115. The van der Waals surface area contributed by atoms with Gasteiger partial charge in [0.25, 0.3) is 5.91 Å². The van der Waals surface area contributed by atoms with Gasteiger partial charge in [0.1, 0.15) is 17.1 Å². The van der Waals surface area contributed by atoms with E-state index >= 15 is 0 Å². The van der Waals surface area contributed by atoms with E-state index in [4.69, 9.17) is 9.47 Å². The molecule has 0 unspecified atom stereocenters. The van der Waals surface area contributed by atoms with Crippen LogP contribution < -0.4 is 10.1 Å². The van der Waals surface area contributed by atoms with Crippen molar-refractivity contribution in [1.82, 2.24) is 10.2 Å². The molecule has 7 heteroatoms. The predicted octanol–water partition coefficient (Wildman–Crippen LogP) is 1.06. The molecule has 0 spiro atoms. The lowest BCUT2D eigenvalue weighted by Crippen LogP contribution is -2.33. The summed E-state index contributed by atoms with van der Waals surface area (Å²) in [5.74, 6) is -0.925. The summed E-state index contributed by atoms with van der Waals surface area (Å²) in [7, 11) is 2.97. The number of likely N-dealkylation sites (tertiary alicyclic amines) is 1. The summed E-state index contributed by atoms with van der Waals surface area (Å²) < 4.78 is 23.8. The van der Waals surface area contributed by atoms with Gasteiger partial charge in [-0.1, -0.05) is 6.07 Å². The fourth-order valence-corrected chi connectivity index (χ4v) is 2.63. The van der Waals surface area contributed by atoms with Crippen molar-refractivity contribution >= 4 is 11.8 Å². The molecule has 0 bridgehead atoms. The van der Waals surface area contributed by atoms with E-state index in [1.807, 2.05) is 0 Å². The van der Waals surface area contributed by atoms with Crippen molar-refractivity contribution < 1.29 is 23.5 Å². The van der Waals surface area contributed by atoms with E-state index in [1.54, 1.807) is 12.0 Å². The molecule has 1 N–H and O–H groups in total. The van der Waals surface area contributed by atoms with E-state index in [-0.39, 0.29) is 23.1 Å². The van der Waals surface area contributed by atoms with Gasteiger partial charge in [-0.05, 0) is 12.1 Å². The van der Waals surface area contributed by atoms with Gasteiger partial charge in [0.2, 0.25) is 5.91 Å². The molecule has 1 aliphatic rings. The van der Waals surface area contributed by atoms with Crippen LogP contribution in [0.4, 0.5) is 4.39 Å². The third-order valence-electron chi connectivity index (χ3n) is 3.83. The van der Waals surface area contributed by atoms with Crippen molar-refractivity contribution in [2.75, 3.05) is 40.5 Å². The van der Waals surface area contributed by atoms with Crippen LogP contribution in [0.25, 0.3) is 0 Å². The number of methoxy groups -OCH3 is 2. The van der Waals surface area contributed by atoms with Gasteiger partial charge in [0.15, 0.2) is 0 Å². The van der Waals surface area contributed by atoms with Gasteiger partial charge in [-0.25, -0.2) is 4.39 Å². The number of amides is 2. The molecule has 2 amide bonds. The lowest BCUT2D eigenvalue weighted by atomic mass is 10.1. The van der Waals surface area contributed by atoms with E-state index < -0.39 is 11.7 Å². The first-order chi connectivity index (χ1) is 11.1. The summed E-state index contributed by atoms with van der Waals surface area (Å²) in [6, 6.07) is 4.22. The van der Waals surface area contributed by atoms with Gasteiger partial charge in [0, 0.05) is 39.1 Å². The molecule has 1 heterocycles. The molecule has 1 atom stereocenters. The number of carbonyl (C=O) groups is 2. The number of hydrogen-bond donors (Lipinski definition) is 1. The summed E-state index contributed by atoms with van der Waals surface area (Å²) in [6.07, 6.45) is 0.373. The van der Waals surface area contributed by atoms with Crippen LogP contribution in [0.2, 0.25) is 0 Å². The zero-order valence-corrected chi connectivity index (χ0v) is 13.3. The molecule has 1 aromatic carbocycles. The third kappa shape index (κ3) is 4.19. The number of carbonyl (C=O) groups excluding carboxylic acids is 2. The van der Waals surface area contributed by atoms with Crippen molar-refractivity contribution in [1.29, 1.82) is 0 Å². The first kappa shape index (κ1) is 17.2. The molecular formula is C16H21FN2O4. The number of halogens is 1. The summed E-state index contributed by atoms with van der Waals surface area (Å²) in [5, 5.41) is 2.68. The molecule has 1 saturated heterocycles. The summed E-state index contributed by atoms with van der Waals surface area (Å²) in [6.45, 7) is 1.90. The van der Waals surface area contributed by atoms with Crippen LogP contribution in [0.15, 0.2) is 18.2 Å². The lowest BCUT2D eigenvalue weighted by molar-refractivity contribution is -0.128. The van der Waals surface area contributed by atoms with Gasteiger partial charge in [-0.3, -0.25) is 9.59 Å². The van der Waals surface area contributed by atoms with Gasteiger partial charge in [-0.15, -0.1) is 0 Å². The Morgan fingerprint density at radius 3 is 2.91 bits per heavy atom. The highest BCUT2D eigenvalue weighted by molar-refractivity contribution is 5.97. The maximum Gasteiger partial charge on any atom is 0.258 e. The van der Waals surface area contributed by atoms with Crippen LogP contribution in [-0.4, -0.2) is 57.2 Å². The Labute approximate surface area is 134 Å². The minimum Gasteiger partial charge on any atom is -0.496 e. The minimum absolute atomic E-state index is 0.0149. The molecule has 0 radical (unpaired) electrons. The summed E-state index contributed by atoms with van der Waals surface area (Å²) in [4.78, 5) is 25.7. The molecule has 126 valence electrons. The first-order valence-corrected chi connectivity index (χ1v) is 7.44. The van der Waals surface area contributed by atoms with E-state index in [9.17, 15) is 14.0 Å². The normalized spacial score (nSPS) is 17.4. The Kier molecular flexibility index (Phi) is 5.92. The Bertz CT molecular complexity index is 579. The van der Waals surface area contributed by atoms with Crippen LogP contribution >= 0.6 is 0 Å². The minimum atomic E-state index is -0.633. The monoisotopic (exact) mass is 324 g/mol. The lowest BCUT2D eigenvalue weighted by Gasteiger charge is -2.16. The van der Waals surface area contributed by atoms with Crippen molar-refractivity contribution in [2.24, 2.45) is 5.92 Å². The van der Waals surface area contributed by atoms with E-state index in [2.05, 4.69) is 5.32 Å². The van der Waals surface area contributed by atoms with Crippen LogP contribution in [0, 0.1) is 11.7 Å². The Balaban J connectivity index is 1.92. The highest BCUT2D eigenvalue weighted by Crippen LogP contribution is 2.21. The molecule has 2 rings (SSSR count). The van der Waals surface area contributed by atoms with Crippen LogP contribution in [0.3, 0.4) is 0 Å². The fraction of sp³-hybridized carbons (Fsp3) is 0.500. The highest BCUT2D eigenvalue weighted by atomic mass is 19.1.